The summed E-state index contributed by atoms with van der Waals surface area (Å²) < 4.78 is 6.11. The molecule has 0 amide bonds. The topological polar surface area (TPSA) is 21.3 Å². The van der Waals surface area contributed by atoms with Gasteiger partial charge in [0.15, 0.2) is 0 Å². The highest BCUT2D eigenvalue weighted by atomic mass is 16.5. The lowest BCUT2D eigenvalue weighted by atomic mass is 9.80. The number of hydrogen-bond donors (Lipinski definition) is 1. The van der Waals surface area contributed by atoms with Gasteiger partial charge in [-0.15, -0.1) is 0 Å². The first-order valence-corrected chi connectivity index (χ1v) is 8.47. The van der Waals surface area contributed by atoms with Crippen molar-refractivity contribution in [1.29, 1.82) is 0 Å². The van der Waals surface area contributed by atoms with Gasteiger partial charge >= 0.3 is 0 Å². The number of hydrogen-bond acceptors (Lipinski definition) is 2. The summed E-state index contributed by atoms with van der Waals surface area (Å²) in [5, 5.41) is 3.44. The lowest BCUT2D eigenvalue weighted by Crippen LogP contribution is -2.26. The third kappa shape index (κ3) is 5.44. The van der Waals surface area contributed by atoms with Crippen LogP contribution in [0.1, 0.15) is 58.1 Å². The minimum absolute atomic E-state index is 0.457. The first kappa shape index (κ1) is 16.5. The largest absolute Gasteiger partial charge is 0.374 e. The Balaban J connectivity index is 1.76. The van der Waals surface area contributed by atoms with E-state index in [-0.39, 0.29) is 0 Å². The van der Waals surface area contributed by atoms with E-state index in [2.05, 4.69) is 57.3 Å². The first-order valence-electron chi connectivity index (χ1n) is 8.47. The van der Waals surface area contributed by atoms with Crippen LogP contribution >= 0.6 is 0 Å². The highest BCUT2D eigenvalue weighted by molar-refractivity contribution is 5.22. The predicted molar refractivity (Wildman–Crippen MR) is 89.2 cm³/mol. The van der Waals surface area contributed by atoms with Crippen LogP contribution in [0.2, 0.25) is 0 Å². The minimum Gasteiger partial charge on any atom is -0.374 e. The van der Waals surface area contributed by atoms with Crippen LogP contribution in [0.4, 0.5) is 0 Å². The van der Waals surface area contributed by atoms with E-state index in [1.807, 2.05) is 0 Å². The van der Waals surface area contributed by atoms with Gasteiger partial charge in [0.1, 0.15) is 0 Å². The number of ether oxygens (including phenoxy) is 1. The Morgan fingerprint density at radius 3 is 2.33 bits per heavy atom. The molecule has 21 heavy (non-hydrogen) atoms. The molecule has 1 N–H and O–H groups in total. The molecule has 0 heterocycles. The molecule has 3 atom stereocenters. The second kappa shape index (κ2) is 7.95. The monoisotopic (exact) mass is 289 g/mol. The second-order valence-corrected chi connectivity index (χ2v) is 7.05. The van der Waals surface area contributed by atoms with E-state index in [0.29, 0.717) is 12.1 Å². The van der Waals surface area contributed by atoms with Crippen LogP contribution in [0.5, 0.6) is 0 Å². The van der Waals surface area contributed by atoms with Crippen LogP contribution in [0.25, 0.3) is 0 Å². The van der Waals surface area contributed by atoms with Gasteiger partial charge < -0.3 is 10.1 Å². The molecule has 1 aliphatic rings. The zero-order chi connectivity index (χ0) is 15.2. The van der Waals surface area contributed by atoms with Crippen LogP contribution in [0.15, 0.2) is 24.3 Å². The number of benzene rings is 1. The molecule has 2 nitrogen and oxygen atoms in total. The fourth-order valence-electron chi connectivity index (χ4n) is 2.94. The smallest absolute Gasteiger partial charge is 0.0720 e. The first-order chi connectivity index (χ1) is 10.0. The van der Waals surface area contributed by atoms with Crippen LogP contribution in [-0.2, 0) is 17.9 Å². The second-order valence-electron chi connectivity index (χ2n) is 7.05. The van der Waals surface area contributed by atoms with E-state index in [9.17, 15) is 0 Å². The maximum atomic E-state index is 6.11. The van der Waals surface area contributed by atoms with Gasteiger partial charge in [-0.3, -0.25) is 0 Å². The molecular weight excluding hydrogens is 258 g/mol. The summed E-state index contributed by atoms with van der Waals surface area (Å²) >= 11 is 0. The SMILES string of the molecule is CC(C)NCc1ccc(COC2CCC(C)C(C)C2)cc1. The molecule has 118 valence electrons. The van der Waals surface area contributed by atoms with E-state index < -0.39 is 0 Å². The lowest BCUT2D eigenvalue weighted by Gasteiger charge is -2.32. The van der Waals surface area contributed by atoms with Gasteiger partial charge in [0.05, 0.1) is 12.7 Å². The number of nitrogens with one attached hydrogen (secondary N) is 1. The molecule has 0 radical (unpaired) electrons. The van der Waals surface area contributed by atoms with Crippen molar-refractivity contribution >= 4 is 0 Å². The predicted octanol–water partition coefficient (Wildman–Crippen LogP) is 4.53. The van der Waals surface area contributed by atoms with Crippen LogP contribution in [-0.4, -0.2) is 12.1 Å². The molecule has 0 aromatic heterocycles. The van der Waals surface area contributed by atoms with Crippen molar-refractivity contribution in [2.24, 2.45) is 11.8 Å². The summed E-state index contributed by atoms with van der Waals surface area (Å²) in [6.45, 7) is 10.8. The summed E-state index contributed by atoms with van der Waals surface area (Å²) in [4.78, 5) is 0. The molecule has 1 aromatic carbocycles. The molecule has 0 spiro atoms. The van der Waals surface area contributed by atoms with Gasteiger partial charge in [0.2, 0.25) is 0 Å². The van der Waals surface area contributed by atoms with Crippen LogP contribution in [0, 0.1) is 11.8 Å². The quantitative estimate of drug-likeness (QED) is 0.831. The zero-order valence-corrected chi connectivity index (χ0v) is 14.1. The van der Waals surface area contributed by atoms with Gasteiger partial charge in [-0.1, -0.05) is 52.0 Å². The fourth-order valence-corrected chi connectivity index (χ4v) is 2.94. The Morgan fingerprint density at radius 1 is 1.05 bits per heavy atom. The normalized spacial score (nSPS) is 26.2. The van der Waals surface area contributed by atoms with Gasteiger partial charge in [-0.05, 0) is 42.2 Å². The van der Waals surface area contributed by atoms with Crippen molar-refractivity contribution in [3.8, 4) is 0 Å². The third-order valence-electron chi connectivity index (χ3n) is 4.77. The number of rotatable bonds is 6. The van der Waals surface area contributed by atoms with E-state index in [0.717, 1.165) is 25.0 Å². The molecule has 0 bridgehead atoms. The summed E-state index contributed by atoms with van der Waals surface area (Å²) in [7, 11) is 0. The standard InChI is InChI=1S/C19H31NO/c1-14(2)20-12-17-6-8-18(9-7-17)13-21-19-10-5-15(3)16(4)11-19/h6-9,14-16,19-20H,5,10-13H2,1-4H3. The summed E-state index contributed by atoms with van der Waals surface area (Å²) in [5.41, 5.74) is 2.63. The minimum atomic E-state index is 0.457. The van der Waals surface area contributed by atoms with Crippen molar-refractivity contribution in [2.45, 2.75) is 72.3 Å². The van der Waals surface area contributed by atoms with Crippen LogP contribution in [0.3, 0.4) is 0 Å². The Kier molecular flexibility index (Phi) is 6.25. The van der Waals surface area contributed by atoms with Gasteiger partial charge in [-0.2, -0.15) is 0 Å². The lowest BCUT2D eigenvalue weighted by molar-refractivity contribution is -0.00745. The van der Waals surface area contributed by atoms with Crippen molar-refractivity contribution < 1.29 is 4.74 Å². The Hall–Kier alpha value is -0.860. The highest BCUT2D eigenvalue weighted by Gasteiger charge is 2.24. The summed E-state index contributed by atoms with van der Waals surface area (Å²) in [5.74, 6) is 1.66. The fraction of sp³-hybridized carbons (Fsp3) is 0.684. The average molecular weight is 289 g/mol. The third-order valence-corrected chi connectivity index (χ3v) is 4.77. The Bertz CT molecular complexity index is 412. The molecule has 3 unspecified atom stereocenters. The molecule has 1 aliphatic carbocycles. The molecule has 1 fully saturated rings. The molecule has 1 saturated carbocycles. The van der Waals surface area contributed by atoms with E-state index >= 15 is 0 Å². The molecule has 0 aliphatic heterocycles. The molecule has 2 heteroatoms. The van der Waals surface area contributed by atoms with Gasteiger partial charge in [-0.25, -0.2) is 0 Å². The maximum Gasteiger partial charge on any atom is 0.0720 e. The van der Waals surface area contributed by atoms with Crippen molar-refractivity contribution in [3.05, 3.63) is 35.4 Å². The molecule has 1 aromatic rings. The zero-order valence-electron chi connectivity index (χ0n) is 14.1. The van der Waals surface area contributed by atoms with Gasteiger partial charge in [0.25, 0.3) is 0 Å². The van der Waals surface area contributed by atoms with Gasteiger partial charge in [0, 0.05) is 12.6 Å². The molecule has 2 rings (SSSR count). The Labute approximate surface area is 130 Å². The summed E-state index contributed by atoms with van der Waals surface area (Å²) in [6.07, 6.45) is 4.21. The van der Waals surface area contributed by atoms with E-state index in [4.69, 9.17) is 4.74 Å². The van der Waals surface area contributed by atoms with Crippen LogP contribution < -0.4 is 5.32 Å². The summed E-state index contributed by atoms with van der Waals surface area (Å²) in [6, 6.07) is 9.35. The molecular formula is C19H31NO. The van der Waals surface area contributed by atoms with Crippen molar-refractivity contribution in [2.75, 3.05) is 0 Å². The maximum absolute atomic E-state index is 6.11. The average Bonchev–Trinajstić information content (AvgIpc) is 2.47. The van der Waals surface area contributed by atoms with E-state index in [1.165, 1.54) is 30.4 Å². The molecule has 0 saturated heterocycles. The highest BCUT2D eigenvalue weighted by Crippen LogP contribution is 2.31. The van der Waals surface area contributed by atoms with E-state index in [1.54, 1.807) is 0 Å². The Morgan fingerprint density at radius 2 is 1.71 bits per heavy atom. The van der Waals surface area contributed by atoms with Crippen molar-refractivity contribution in [1.82, 2.24) is 5.32 Å². The van der Waals surface area contributed by atoms with Crippen molar-refractivity contribution in [3.63, 3.8) is 0 Å².